The van der Waals surface area contributed by atoms with Gasteiger partial charge in [0, 0.05) is 7.11 Å². The number of carboxylic acid groups (broad SMARTS) is 1. The Morgan fingerprint density at radius 1 is 1.33 bits per heavy atom. The van der Waals surface area contributed by atoms with E-state index >= 15 is 0 Å². The third-order valence-corrected chi connectivity index (χ3v) is 3.14. The van der Waals surface area contributed by atoms with Crippen molar-refractivity contribution in [2.75, 3.05) is 20.3 Å². The van der Waals surface area contributed by atoms with Crippen LogP contribution < -0.4 is 73.6 Å². The molecule has 0 radical (unpaired) electrons. The topological polar surface area (TPSA) is 108 Å². The standard InChI is InChI=1S/C14H16BO7.2Na/c1-20-8-2-3-9-21-11-5-4-10-6-7-15(18,19)22-13(10)12(11)14(16)17;;/h4-5,18-19H,6-9H2,1H3,(H,16,17);;/q-1;2*+1/p-1. The Morgan fingerprint density at radius 2 is 2.00 bits per heavy atom. The van der Waals surface area contributed by atoms with Crippen molar-refractivity contribution in [2.45, 2.75) is 12.7 Å². The van der Waals surface area contributed by atoms with E-state index in [1.807, 2.05) is 0 Å². The maximum Gasteiger partial charge on any atom is 1.00 e. The second kappa shape index (κ2) is 10.7. The summed E-state index contributed by atoms with van der Waals surface area (Å²) in [7, 11) is 1.50. The van der Waals surface area contributed by atoms with Crippen LogP contribution in [-0.4, -0.2) is 43.1 Å². The fraction of sp³-hybridized carbons (Fsp3) is 0.357. The molecule has 0 aromatic heterocycles. The molecule has 24 heavy (non-hydrogen) atoms. The molecule has 0 atom stereocenters. The Bertz CT molecular complexity index is 640. The van der Waals surface area contributed by atoms with Gasteiger partial charge >= 0.3 is 65.9 Å². The number of carbonyl (C=O) groups excluding carboxylic acids is 1. The van der Waals surface area contributed by atoms with Crippen molar-refractivity contribution in [3.8, 4) is 23.3 Å². The fourth-order valence-corrected chi connectivity index (χ4v) is 2.13. The number of aryl methyl sites for hydroxylation is 1. The van der Waals surface area contributed by atoms with Crippen molar-refractivity contribution in [2.24, 2.45) is 0 Å². The first-order valence-corrected chi connectivity index (χ1v) is 6.68. The number of carboxylic acids is 1. The fourth-order valence-electron chi connectivity index (χ4n) is 2.13. The smallest absolute Gasteiger partial charge is 0.669 e. The molecule has 118 valence electrons. The number of aromatic carboxylic acids is 1. The Balaban J connectivity index is 0.00000264. The number of hydrogen-bond acceptors (Lipinski definition) is 7. The van der Waals surface area contributed by atoms with Gasteiger partial charge in [-0.3, -0.25) is 0 Å². The first-order chi connectivity index (χ1) is 10.4. The Morgan fingerprint density at radius 3 is 2.62 bits per heavy atom. The van der Waals surface area contributed by atoms with Gasteiger partial charge in [0.1, 0.15) is 19.0 Å². The minimum absolute atomic E-state index is 0. The number of methoxy groups -OCH3 is 1. The average molecular weight is 352 g/mol. The molecule has 1 heterocycles. The van der Waals surface area contributed by atoms with Gasteiger partial charge in [-0.1, -0.05) is 24.2 Å². The maximum atomic E-state index is 11.4. The van der Waals surface area contributed by atoms with Crippen LogP contribution in [0.4, 0.5) is 0 Å². The van der Waals surface area contributed by atoms with Crippen LogP contribution in [0.3, 0.4) is 0 Å². The van der Waals surface area contributed by atoms with E-state index in [9.17, 15) is 19.9 Å². The number of fused-ring (bicyclic) bond motifs is 1. The number of ether oxygens (including phenoxy) is 2. The minimum atomic E-state index is -3.07. The van der Waals surface area contributed by atoms with Gasteiger partial charge in [-0.25, -0.2) is 0 Å². The molecule has 0 fully saturated rings. The van der Waals surface area contributed by atoms with E-state index in [-0.39, 0.29) is 102 Å². The summed E-state index contributed by atoms with van der Waals surface area (Å²) in [6.45, 7) is -2.88. The molecule has 1 aromatic rings. The van der Waals surface area contributed by atoms with Gasteiger partial charge in [-0.15, -0.1) is 0 Å². The SMILES string of the molecule is COCC#CCOc1ccc2c(c1C(=O)[O-])O[B-](O)(O)CC2.[Na+].[Na+]. The van der Waals surface area contributed by atoms with Crippen molar-refractivity contribution in [3.63, 3.8) is 0 Å². The zero-order valence-electron chi connectivity index (χ0n) is 14.0. The van der Waals surface area contributed by atoms with Gasteiger partial charge < -0.3 is 34.1 Å². The molecule has 1 aromatic carbocycles. The predicted molar refractivity (Wildman–Crippen MR) is 75.3 cm³/mol. The second-order valence-electron chi connectivity index (χ2n) is 4.80. The van der Waals surface area contributed by atoms with Crippen molar-refractivity contribution in [1.82, 2.24) is 0 Å². The van der Waals surface area contributed by atoms with Crippen LogP contribution in [0.2, 0.25) is 6.32 Å². The quantitative estimate of drug-likeness (QED) is 0.410. The zero-order valence-corrected chi connectivity index (χ0v) is 18.0. The molecule has 0 saturated heterocycles. The number of benzene rings is 1. The molecule has 0 spiro atoms. The third-order valence-electron chi connectivity index (χ3n) is 3.14. The van der Waals surface area contributed by atoms with Gasteiger partial charge in [-0.2, -0.15) is 0 Å². The first kappa shape index (κ1) is 23.8. The molecular weight excluding hydrogens is 337 g/mol. The molecule has 0 aliphatic carbocycles. The van der Waals surface area contributed by atoms with E-state index in [1.54, 1.807) is 6.07 Å². The van der Waals surface area contributed by atoms with E-state index in [0.29, 0.717) is 5.56 Å². The number of rotatable bonds is 4. The molecule has 0 unspecified atom stereocenters. The van der Waals surface area contributed by atoms with E-state index in [4.69, 9.17) is 14.1 Å². The average Bonchev–Trinajstić information content (AvgIpc) is 2.45. The van der Waals surface area contributed by atoms with Crippen LogP contribution in [0.5, 0.6) is 11.5 Å². The summed E-state index contributed by atoms with van der Waals surface area (Å²) in [4.78, 5) is 11.4. The van der Waals surface area contributed by atoms with Gasteiger partial charge in [0.2, 0.25) is 0 Å². The van der Waals surface area contributed by atoms with Crippen molar-refractivity contribution in [1.29, 1.82) is 0 Å². The molecular formula is C14H15BNa2O7. The summed E-state index contributed by atoms with van der Waals surface area (Å²) >= 11 is 0. The van der Waals surface area contributed by atoms with Crippen molar-refractivity contribution in [3.05, 3.63) is 23.3 Å². The largest absolute Gasteiger partial charge is 1.00 e. The van der Waals surface area contributed by atoms with Gasteiger partial charge in [0.15, 0.2) is 0 Å². The molecule has 1 aliphatic heterocycles. The first-order valence-electron chi connectivity index (χ1n) is 6.68. The minimum Gasteiger partial charge on any atom is -0.669 e. The summed E-state index contributed by atoms with van der Waals surface area (Å²) in [6.07, 6.45) is 0.290. The van der Waals surface area contributed by atoms with Crippen LogP contribution >= 0.6 is 0 Å². The van der Waals surface area contributed by atoms with Crippen LogP contribution in [0.25, 0.3) is 0 Å². The van der Waals surface area contributed by atoms with Crippen molar-refractivity contribution >= 4 is 12.7 Å². The molecule has 2 rings (SSSR count). The number of hydrogen-bond donors (Lipinski definition) is 2. The molecule has 1 aliphatic rings. The molecule has 0 saturated carbocycles. The van der Waals surface area contributed by atoms with E-state index in [0.717, 1.165) is 0 Å². The summed E-state index contributed by atoms with van der Waals surface area (Å²) in [5.74, 6) is 3.66. The monoisotopic (exact) mass is 352 g/mol. The molecule has 0 amide bonds. The summed E-state index contributed by atoms with van der Waals surface area (Å²) in [5.41, 5.74) is 0.206. The summed E-state index contributed by atoms with van der Waals surface area (Å²) < 4.78 is 15.1. The van der Waals surface area contributed by atoms with Crippen LogP contribution in [0.1, 0.15) is 15.9 Å². The summed E-state index contributed by atoms with van der Waals surface area (Å²) in [5, 5.41) is 30.6. The van der Waals surface area contributed by atoms with Crippen molar-refractivity contribution < 1.29 is 93.2 Å². The molecule has 10 heteroatoms. The zero-order chi connectivity index (χ0) is 16.2. The molecule has 2 N–H and O–H groups in total. The second-order valence-corrected chi connectivity index (χ2v) is 4.80. The van der Waals surface area contributed by atoms with Crippen LogP contribution in [-0.2, 0) is 11.2 Å². The Kier molecular flexibility index (Phi) is 10.6. The van der Waals surface area contributed by atoms with Crippen LogP contribution in [0, 0.1) is 11.8 Å². The Labute approximate surface area is 184 Å². The van der Waals surface area contributed by atoms with E-state index < -0.39 is 12.7 Å². The Hall–Kier alpha value is -0.205. The van der Waals surface area contributed by atoms with Gasteiger partial charge in [0.25, 0.3) is 0 Å². The third kappa shape index (κ3) is 6.26. The number of carbonyl (C=O) groups is 1. The van der Waals surface area contributed by atoms with Crippen LogP contribution in [0.15, 0.2) is 12.1 Å². The molecule has 0 bridgehead atoms. The molecule has 7 nitrogen and oxygen atoms in total. The van der Waals surface area contributed by atoms with Gasteiger partial charge in [-0.05, 0) is 18.1 Å². The van der Waals surface area contributed by atoms with E-state index in [2.05, 4.69) is 11.8 Å². The van der Waals surface area contributed by atoms with Gasteiger partial charge in [0.05, 0.1) is 17.3 Å². The summed E-state index contributed by atoms with van der Waals surface area (Å²) in [6, 6.07) is 3.09. The van der Waals surface area contributed by atoms with E-state index in [1.165, 1.54) is 13.2 Å². The normalized spacial score (nSPS) is 13.8. The maximum absolute atomic E-state index is 11.4. The predicted octanol–water partition coefficient (Wildman–Crippen LogP) is -7.05.